The zero-order chi connectivity index (χ0) is 18.4. The van der Waals surface area contributed by atoms with Gasteiger partial charge in [0.1, 0.15) is 5.82 Å². The minimum Gasteiger partial charge on any atom is -0.353 e. The van der Waals surface area contributed by atoms with Crippen LogP contribution in [0.3, 0.4) is 0 Å². The Morgan fingerprint density at radius 3 is 2.32 bits per heavy atom. The van der Waals surface area contributed by atoms with E-state index in [9.17, 15) is 22.8 Å². The number of piperazine rings is 1. The summed E-state index contributed by atoms with van der Waals surface area (Å²) in [7, 11) is 1.47. The van der Waals surface area contributed by atoms with E-state index in [2.05, 4.69) is 4.98 Å². The van der Waals surface area contributed by atoms with Crippen LogP contribution in [0.1, 0.15) is 12.0 Å². The van der Waals surface area contributed by atoms with E-state index in [0.29, 0.717) is 32.0 Å². The highest BCUT2D eigenvalue weighted by Crippen LogP contribution is 2.34. The van der Waals surface area contributed by atoms with E-state index in [0.717, 1.165) is 17.2 Å². The van der Waals surface area contributed by atoms with Gasteiger partial charge in [-0.15, -0.1) is 0 Å². The van der Waals surface area contributed by atoms with Gasteiger partial charge in [-0.25, -0.2) is 4.98 Å². The molecule has 2 aliphatic heterocycles. The molecule has 1 aromatic heterocycles. The molecule has 25 heavy (non-hydrogen) atoms. The number of rotatable bonds is 2. The molecule has 2 saturated heterocycles. The zero-order valence-electron chi connectivity index (χ0n) is 13.4. The summed E-state index contributed by atoms with van der Waals surface area (Å²) < 4.78 is 38.1. The average molecular weight is 377 g/mol. The standard InChI is InChI=1S/C15H16ClF3N4O2/c1-21-12(24)7-11(14(21)25)22-2-4-23(5-3-22)13-10(16)6-9(8-20-13)15(17,18)19/h6,8,11H,2-5,7H2,1H3/t11-/m0/s1. The largest absolute Gasteiger partial charge is 0.417 e. The van der Waals surface area contributed by atoms with Crippen LogP contribution < -0.4 is 4.90 Å². The van der Waals surface area contributed by atoms with Crippen LogP contribution in [0.15, 0.2) is 12.3 Å². The smallest absolute Gasteiger partial charge is 0.353 e. The predicted molar refractivity (Wildman–Crippen MR) is 84.2 cm³/mol. The number of halogens is 4. The number of hydrogen-bond donors (Lipinski definition) is 0. The molecule has 0 aromatic carbocycles. The third-order valence-corrected chi connectivity index (χ3v) is 4.84. The number of carbonyl (C=O) groups excluding carboxylic acids is 2. The second-order valence-electron chi connectivity index (χ2n) is 6.06. The number of carbonyl (C=O) groups is 2. The molecule has 2 fully saturated rings. The number of aromatic nitrogens is 1. The summed E-state index contributed by atoms with van der Waals surface area (Å²) in [5, 5.41) is -0.0601. The van der Waals surface area contributed by atoms with Gasteiger partial charge in [0.05, 0.1) is 23.0 Å². The Kier molecular flexibility index (Phi) is 4.63. The highest BCUT2D eigenvalue weighted by Gasteiger charge is 2.41. The van der Waals surface area contributed by atoms with Crippen molar-refractivity contribution in [3.63, 3.8) is 0 Å². The van der Waals surface area contributed by atoms with Crippen molar-refractivity contribution >= 4 is 29.2 Å². The highest BCUT2D eigenvalue weighted by molar-refractivity contribution is 6.33. The topological polar surface area (TPSA) is 56.8 Å². The fraction of sp³-hybridized carbons (Fsp3) is 0.533. The molecule has 0 N–H and O–H groups in total. The number of anilines is 1. The van der Waals surface area contributed by atoms with Gasteiger partial charge in [0.15, 0.2) is 0 Å². The normalized spacial score (nSPS) is 22.8. The van der Waals surface area contributed by atoms with Crippen molar-refractivity contribution < 1.29 is 22.8 Å². The number of hydrogen-bond acceptors (Lipinski definition) is 5. The van der Waals surface area contributed by atoms with E-state index in [1.807, 2.05) is 4.90 Å². The molecule has 1 aromatic rings. The lowest BCUT2D eigenvalue weighted by molar-refractivity contribution is -0.139. The fourth-order valence-electron chi connectivity index (χ4n) is 3.09. The summed E-state index contributed by atoms with van der Waals surface area (Å²) in [6.45, 7) is 1.91. The van der Waals surface area contributed by atoms with Gasteiger partial charge in [0.2, 0.25) is 11.8 Å². The van der Waals surface area contributed by atoms with Crippen molar-refractivity contribution in [2.75, 3.05) is 38.1 Å². The number of alkyl halides is 3. The van der Waals surface area contributed by atoms with Gasteiger partial charge < -0.3 is 4.90 Å². The minimum atomic E-state index is -4.49. The van der Waals surface area contributed by atoms with Gasteiger partial charge >= 0.3 is 6.18 Å². The van der Waals surface area contributed by atoms with Crippen LogP contribution in [0.25, 0.3) is 0 Å². The third-order valence-electron chi connectivity index (χ3n) is 4.56. The van der Waals surface area contributed by atoms with Crippen LogP contribution in [-0.4, -0.2) is 65.9 Å². The number of amides is 2. The number of imide groups is 1. The molecule has 6 nitrogen and oxygen atoms in total. The van der Waals surface area contributed by atoms with Crippen molar-refractivity contribution in [1.29, 1.82) is 0 Å². The lowest BCUT2D eigenvalue weighted by atomic mass is 10.1. The van der Waals surface area contributed by atoms with Gasteiger partial charge in [-0.05, 0) is 6.07 Å². The summed E-state index contributed by atoms with van der Waals surface area (Å²) in [6, 6.07) is 0.403. The zero-order valence-corrected chi connectivity index (χ0v) is 14.1. The Hall–Kier alpha value is -1.87. The van der Waals surface area contributed by atoms with Crippen molar-refractivity contribution in [3.8, 4) is 0 Å². The third kappa shape index (κ3) is 3.43. The number of nitrogens with zero attached hydrogens (tertiary/aromatic N) is 4. The molecule has 0 aliphatic carbocycles. The second-order valence-corrected chi connectivity index (χ2v) is 6.47. The average Bonchev–Trinajstić information content (AvgIpc) is 2.82. The van der Waals surface area contributed by atoms with Crippen molar-refractivity contribution in [2.45, 2.75) is 18.6 Å². The first kappa shape index (κ1) is 17.9. The number of pyridine rings is 1. The van der Waals surface area contributed by atoms with Crippen LogP contribution in [0.2, 0.25) is 5.02 Å². The van der Waals surface area contributed by atoms with Crippen LogP contribution in [0.4, 0.5) is 19.0 Å². The molecule has 2 amide bonds. The summed E-state index contributed by atoms with van der Waals surface area (Å²) in [6.07, 6.45) is -3.56. The van der Waals surface area contributed by atoms with Gasteiger partial charge in [-0.2, -0.15) is 13.2 Å². The van der Waals surface area contributed by atoms with E-state index in [-0.39, 0.29) is 23.3 Å². The van der Waals surface area contributed by atoms with Gasteiger partial charge in [-0.3, -0.25) is 19.4 Å². The second kappa shape index (κ2) is 6.45. The lowest BCUT2D eigenvalue weighted by Gasteiger charge is -2.37. The van der Waals surface area contributed by atoms with Crippen molar-refractivity contribution in [1.82, 2.24) is 14.8 Å². The predicted octanol–water partition coefficient (Wildman–Crippen LogP) is 1.63. The van der Waals surface area contributed by atoms with Gasteiger partial charge in [0, 0.05) is 39.4 Å². The van der Waals surface area contributed by atoms with Crippen LogP contribution in [0, 0.1) is 0 Å². The molecule has 3 heterocycles. The first-order valence-electron chi connectivity index (χ1n) is 7.70. The van der Waals surface area contributed by atoms with E-state index >= 15 is 0 Å². The molecule has 0 radical (unpaired) electrons. The highest BCUT2D eigenvalue weighted by atomic mass is 35.5. The first-order valence-corrected chi connectivity index (χ1v) is 8.08. The maximum Gasteiger partial charge on any atom is 0.417 e. The molecule has 2 aliphatic rings. The van der Waals surface area contributed by atoms with Crippen molar-refractivity contribution in [3.05, 3.63) is 22.8 Å². The summed E-state index contributed by atoms with van der Waals surface area (Å²) >= 11 is 5.97. The van der Waals surface area contributed by atoms with Crippen molar-refractivity contribution in [2.24, 2.45) is 0 Å². The van der Waals surface area contributed by atoms with E-state index in [1.165, 1.54) is 7.05 Å². The maximum atomic E-state index is 12.7. The Labute approximate surface area is 147 Å². The molecule has 10 heteroatoms. The number of likely N-dealkylation sites (tertiary alicyclic amines) is 1. The quantitative estimate of drug-likeness (QED) is 0.734. The lowest BCUT2D eigenvalue weighted by Crippen LogP contribution is -2.52. The van der Waals surface area contributed by atoms with E-state index < -0.39 is 17.8 Å². The van der Waals surface area contributed by atoms with Gasteiger partial charge in [-0.1, -0.05) is 11.6 Å². The first-order chi connectivity index (χ1) is 11.7. The fourth-order valence-corrected chi connectivity index (χ4v) is 3.37. The van der Waals surface area contributed by atoms with E-state index in [4.69, 9.17) is 11.6 Å². The summed E-state index contributed by atoms with van der Waals surface area (Å²) in [5.41, 5.74) is -0.891. The molecule has 1 atom stereocenters. The molecule has 0 unspecified atom stereocenters. The van der Waals surface area contributed by atoms with E-state index in [1.54, 1.807) is 4.90 Å². The van der Waals surface area contributed by atoms with Gasteiger partial charge in [0.25, 0.3) is 0 Å². The van der Waals surface area contributed by atoms with Crippen LogP contribution in [-0.2, 0) is 15.8 Å². The summed E-state index contributed by atoms with van der Waals surface area (Å²) in [4.78, 5) is 32.4. The minimum absolute atomic E-state index is 0.0601. The van der Waals surface area contributed by atoms with Crippen LogP contribution in [0.5, 0.6) is 0 Å². The van der Waals surface area contributed by atoms with Crippen LogP contribution >= 0.6 is 11.6 Å². The number of likely N-dealkylation sites (N-methyl/N-ethyl adjacent to an activating group) is 1. The maximum absolute atomic E-state index is 12.7. The Morgan fingerprint density at radius 1 is 1.20 bits per heavy atom. The Morgan fingerprint density at radius 2 is 1.84 bits per heavy atom. The molecular weight excluding hydrogens is 361 g/mol. The molecular formula is C15H16ClF3N4O2. The SMILES string of the molecule is CN1C(=O)C[C@H](N2CCN(c3ncc(C(F)(F)F)cc3Cl)CC2)C1=O. The summed E-state index contributed by atoms with van der Waals surface area (Å²) in [5.74, 6) is -0.130. The molecule has 0 bridgehead atoms. The molecule has 136 valence electrons. The molecule has 0 saturated carbocycles. The molecule has 3 rings (SSSR count). The Balaban J connectivity index is 1.67. The molecule has 0 spiro atoms. The Bertz CT molecular complexity index is 705. The monoisotopic (exact) mass is 376 g/mol.